The number of nitro benzene ring substituents is 1. The number of nitro groups is 1. The Hall–Kier alpha value is -2.85. The van der Waals surface area contributed by atoms with Crippen LogP contribution >= 0.6 is 31.9 Å². The number of aliphatic imine (C=N–C) groups is 1. The number of benzene rings is 2. The molecule has 1 heterocycles. The predicted molar refractivity (Wildman–Crippen MR) is 116 cm³/mol. The van der Waals surface area contributed by atoms with Gasteiger partial charge < -0.3 is 9.47 Å². The number of esters is 2. The summed E-state index contributed by atoms with van der Waals surface area (Å²) in [7, 11) is 0. The molecule has 2 aromatic rings. The molecule has 0 amide bonds. The first-order valence-electron chi connectivity index (χ1n) is 8.67. The fourth-order valence-electron chi connectivity index (χ4n) is 2.58. The van der Waals surface area contributed by atoms with Gasteiger partial charge in [0.2, 0.25) is 5.90 Å². The summed E-state index contributed by atoms with van der Waals surface area (Å²) in [5, 5.41) is 11.1. The fraction of sp³-hybridized carbons (Fsp3) is 0.150. The molecule has 8 nitrogen and oxygen atoms in total. The highest BCUT2D eigenvalue weighted by Gasteiger charge is 2.26. The van der Waals surface area contributed by atoms with E-state index in [1.54, 1.807) is 38.1 Å². The lowest BCUT2D eigenvalue weighted by Gasteiger charge is -2.09. The van der Waals surface area contributed by atoms with Crippen molar-refractivity contribution < 1.29 is 24.0 Å². The van der Waals surface area contributed by atoms with Gasteiger partial charge >= 0.3 is 11.9 Å². The smallest absolute Gasteiger partial charge is 0.363 e. The molecule has 0 aliphatic carbocycles. The number of hydrogen-bond donors (Lipinski definition) is 0. The zero-order valence-corrected chi connectivity index (χ0v) is 18.9. The number of cyclic esters (lactones) is 1. The Morgan fingerprint density at radius 3 is 2.53 bits per heavy atom. The third kappa shape index (κ3) is 4.65. The van der Waals surface area contributed by atoms with Crippen molar-refractivity contribution in [2.24, 2.45) is 4.99 Å². The van der Waals surface area contributed by atoms with Crippen molar-refractivity contribution in [2.75, 3.05) is 0 Å². The normalized spacial score (nSPS) is 14.5. The Kier molecular flexibility index (Phi) is 6.47. The van der Waals surface area contributed by atoms with Gasteiger partial charge in [0.25, 0.3) is 5.69 Å². The average Bonchev–Trinajstić information content (AvgIpc) is 3.05. The van der Waals surface area contributed by atoms with E-state index in [1.807, 2.05) is 0 Å². The molecule has 0 atom stereocenters. The average molecular weight is 538 g/mol. The van der Waals surface area contributed by atoms with Gasteiger partial charge in [-0.1, -0.05) is 13.0 Å². The highest BCUT2D eigenvalue weighted by Crippen LogP contribution is 2.36. The number of halogens is 2. The van der Waals surface area contributed by atoms with Gasteiger partial charge in [-0.15, -0.1) is 0 Å². The van der Waals surface area contributed by atoms with Crippen LogP contribution in [-0.4, -0.2) is 22.8 Å². The predicted octanol–water partition coefficient (Wildman–Crippen LogP) is 5.09. The zero-order valence-electron chi connectivity index (χ0n) is 15.8. The van der Waals surface area contributed by atoms with Gasteiger partial charge in [0, 0.05) is 23.6 Å². The highest BCUT2D eigenvalue weighted by molar-refractivity contribution is 9.11. The van der Waals surface area contributed by atoms with Gasteiger partial charge in [0.05, 0.1) is 13.9 Å². The third-order valence-electron chi connectivity index (χ3n) is 4.10. The molecule has 0 bridgehead atoms. The van der Waals surface area contributed by atoms with Crippen LogP contribution in [0.15, 0.2) is 50.0 Å². The van der Waals surface area contributed by atoms with Crippen LogP contribution in [0.3, 0.4) is 0 Å². The van der Waals surface area contributed by atoms with E-state index in [-0.39, 0.29) is 29.7 Å². The molecule has 0 aromatic heterocycles. The Balaban J connectivity index is 1.94. The van der Waals surface area contributed by atoms with Crippen LogP contribution in [0.5, 0.6) is 5.75 Å². The molecule has 10 heteroatoms. The van der Waals surface area contributed by atoms with E-state index in [0.717, 1.165) is 0 Å². The molecule has 0 radical (unpaired) electrons. The van der Waals surface area contributed by atoms with Crippen molar-refractivity contribution in [3.63, 3.8) is 0 Å². The summed E-state index contributed by atoms with van der Waals surface area (Å²) in [6.45, 7) is 3.31. The van der Waals surface area contributed by atoms with Crippen LogP contribution in [0.2, 0.25) is 0 Å². The fourth-order valence-corrected chi connectivity index (χ4v) is 3.96. The molecule has 0 saturated carbocycles. The van der Waals surface area contributed by atoms with Crippen molar-refractivity contribution in [3.8, 4) is 5.75 Å². The monoisotopic (exact) mass is 536 g/mol. The van der Waals surface area contributed by atoms with Gasteiger partial charge in [0.1, 0.15) is 0 Å². The molecule has 0 N–H and O–H groups in total. The first-order valence-corrected chi connectivity index (χ1v) is 10.3. The molecule has 2 aromatic carbocycles. The summed E-state index contributed by atoms with van der Waals surface area (Å²) in [4.78, 5) is 38.6. The van der Waals surface area contributed by atoms with Gasteiger partial charge in [-0.25, -0.2) is 9.79 Å². The van der Waals surface area contributed by atoms with Crippen LogP contribution in [0.4, 0.5) is 5.69 Å². The van der Waals surface area contributed by atoms with Crippen LogP contribution < -0.4 is 4.74 Å². The second kappa shape index (κ2) is 8.88. The lowest BCUT2D eigenvalue weighted by Crippen LogP contribution is -2.07. The minimum Gasteiger partial charge on any atom is -0.424 e. The number of carbonyl (C=O) groups is 2. The van der Waals surface area contributed by atoms with E-state index in [0.29, 0.717) is 31.4 Å². The maximum Gasteiger partial charge on any atom is 0.363 e. The van der Waals surface area contributed by atoms with E-state index in [1.165, 1.54) is 12.1 Å². The van der Waals surface area contributed by atoms with Gasteiger partial charge in [-0.3, -0.25) is 14.9 Å². The first kappa shape index (κ1) is 21.8. The number of aryl methyl sites for hydroxylation is 1. The summed E-state index contributed by atoms with van der Waals surface area (Å²) < 4.78 is 11.5. The summed E-state index contributed by atoms with van der Waals surface area (Å²) in [5.74, 6) is -0.750. The molecular formula is C20H14Br2N2O6. The van der Waals surface area contributed by atoms with Crippen molar-refractivity contribution in [1.29, 1.82) is 0 Å². The third-order valence-corrected chi connectivity index (χ3v) is 5.28. The minimum atomic E-state index is -0.679. The summed E-state index contributed by atoms with van der Waals surface area (Å²) in [6.07, 6.45) is 1.73. The van der Waals surface area contributed by atoms with Crippen LogP contribution in [-0.2, 0) is 14.3 Å². The van der Waals surface area contributed by atoms with Crippen molar-refractivity contribution in [2.45, 2.75) is 20.3 Å². The molecule has 1 aliphatic rings. The molecule has 0 fully saturated rings. The Labute approximate surface area is 188 Å². The zero-order chi connectivity index (χ0) is 22.0. The Morgan fingerprint density at radius 1 is 1.27 bits per heavy atom. The second-order valence-corrected chi connectivity index (χ2v) is 7.94. The molecule has 3 rings (SSSR count). The molecule has 0 spiro atoms. The highest BCUT2D eigenvalue weighted by atomic mass is 79.9. The maximum absolute atomic E-state index is 12.2. The lowest BCUT2D eigenvalue weighted by molar-refractivity contribution is -0.385. The number of carbonyl (C=O) groups excluding carboxylic acids is 2. The van der Waals surface area contributed by atoms with Crippen molar-refractivity contribution in [1.82, 2.24) is 0 Å². The van der Waals surface area contributed by atoms with E-state index in [2.05, 4.69) is 36.9 Å². The van der Waals surface area contributed by atoms with E-state index >= 15 is 0 Å². The van der Waals surface area contributed by atoms with Gasteiger partial charge in [-0.05, 0) is 68.6 Å². The van der Waals surface area contributed by atoms with Gasteiger partial charge in [0.15, 0.2) is 11.4 Å². The first-order chi connectivity index (χ1) is 14.2. The lowest BCUT2D eigenvalue weighted by atomic mass is 10.1. The molecule has 0 saturated heterocycles. The van der Waals surface area contributed by atoms with E-state index < -0.39 is 10.9 Å². The summed E-state index contributed by atoms with van der Waals surface area (Å²) in [6, 6.07) is 7.80. The van der Waals surface area contributed by atoms with Crippen LogP contribution in [0.1, 0.15) is 30.0 Å². The van der Waals surface area contributed by atoms with E-state index in [4.69, 9.17) is 9.47 Å². The number of nitrogens with zero attached hydrogens (tertiary/aromatic N) is 2. The molecule has 0 unspecified atom stereocenters. The molecule has 1 aliphatic heterocycles. The standard InChI is InChI=1S/C20H14Br2N2O6/c1-3-17(25)29-18-13(21)6-11(7-14(18)22)8-15-20(26)30-19(23-15)12-5-4-10(2)16(9-12)24(27)28/h4-9H,3H2,1-2H3/b15-8-. The second-order valence-electron chi connectivity index (χ2n) is 6.24. The number of hydrogen-bond acceptors (Lipinski definition) is 7. The molecule has 30 heavy (non-hydrogen) atoms. The molecule has 154 valence electrons. The van der Waals surface area contributed by atoms with E-state index in [9.17, 15) is 19.7 Å². The van der Waals surface area contributed by atoms with Crippen molar-refractivity contribution >= 4 is 61.5 Å². The summed E-state index contributed by atoms with van der Waals surface area (Å²) >= 11 is 6.69. The number of rotatable bonds is 5. The van der Waals surface area contributed by atoms with Crippen molar-refractivity contribution in [3.05, 3.63) is 71.8 Å². The van der Waals surface area contributed by atoms with Gasteiger partial charge in [-0.2, -0.15) is 0 Å². The Morgan fingerprint density at radius 2 is 1.93 bits per heavy atom. The SMILES string of the molecule is CCC(=O)Oc1c(Br)cc(/C=C2\N=C(c3ccc(C)c([N+](=O)[O-])c3)OC2=O)cc1Br. The Bertz CT molecular complexity index is 1120. The summed E-state index contributed by atoms with van der Waals surface area (Å²) in [5.41, 5.74) is 1.35. The minimum absolute atomic E-state index is 0.0130. The number of ether oxygens (including phenoxy) is 2. The quantitative estimate of drug-likeness (QED) is 0.173. The topological polar surface area (TPSA) is 108 Å². The maximum atomic E-state index is 12.2. The molecular weight excluding hydrogens is 524 g/mol. The van der Waals surface area contributed by atoms with Crippen LogP contribution in [0.25, 0.3) is 6.08 Å². The largest absolute Gasteiger partial charge is 0.424 e. The van der Waals surface area contributed by atoms with Crippen LogP contribution in [0, 0.1) is 17.0 Å².